The lowest BCUT2D eigenvalue weighted by Crippen LogP contribution is -1.99. The zero-order valence-electron chi connectivity index (χ0n) is 8.78. The molecule has 15 heavy (non-hydrogen) atoms. The highest BCUT2D eigenvalue weighted by Gasteiger charge is 2.08. The summed E-state index contributed by atoms with van der Waals surface area (Å²) in [5.41, 5.74) is 1.15. The fourth-order valence-corrected chi connectivity index (χ4v) is 2.43. The van der Waals surface area contributed by atoms with Gasteiger partial charge in [-0.3, -0.25) is 5.10 Å². The smallest absolute Gasteiger partial charge is 0.195 e. The van der Waals surface area contributed by atoms with Crippen molar-refractivity contribution < 1.29 is 0 Å². The van der Waals surface area contributed by atoms with E-state index in [-0.39, 0.29) is 0 Å². The summed E-state index contributed by atoms with van der Waals surface area (Å²) in [5.74, 6) is 0.950. The average molecular weight is 239 g/mol. The first-order valence-electron chi connectivity index (χ1n) is 4.93. The van der Waals surface area contributed by atoms with Crippen molar-refractivity contribution in [3.8, 4) is 11.4 Å². The fraction of sp³-hybridized carbons (Fsp3) is 0.400. The molecular formula is C10H13N3S2. The molecule has 2 aromatic rings. The van der Waals surface area contributed by atoms with Gasteiger partial charge in [0.2, 0.25) is 0 Å². The number of nitrogens with one attached hydrogen (secondary N) is 1. The molecule has 80 valence electrons. The Bertz CT molecular complexity index is 507. The molecular weight excluding hydrogens is 226 g/mol. The summed E-state index contributed by atoms with van der Waals surface area (Å²) < 4.78 is 2.76. The molecule has 0 amide bonds. The number of aromatic nitrogens is 3. The molecule has 2 rings (SSSR count). The van der Waals surface area contributed by atoms with Crippen molar-refractivity contribution in [3.63, 3.8) is 0 Å². The summed E-state index contributed by atoms with van der Waals surface area (Å²) in [6, 6.07) is 2.14. The minimum atomic E-state index is 0.704. The Hall–Kier alpha value is -0.940. The Morgan fingerprint density at radius 3 is 3.00 bits per heavy atom. The maximum atomic E-state index is 5.19. The summed E-state index contributed by atoms with van der Waals surface area (Å²) in [4.78, 5) is 1.29. The number of H-pyrrole nitrogens is 1. The Morgan fingerprint density at radius 2 is 2.40 bits per heavy atom. The third kappa shape index (κ3) is 2.03. The molecule has 5 heteroatoms. The van der Waals surface area contributed by atoms with Crippen LogP contribution in [0.5, 0.6) is 0 Å². The van der Waals surface area contributed by atoms with Gasteiger partial charge < -0.3 is 4.57 Å². The Morgan fingerprint density at radius 1 is 1.60 bits per heavy atom. The van der Waals surface area contributed by atoms with E-state index in [0.717, 1.165) is 24.4 Å². The first kappa shape index (κ1) is 10.6. The lowest BCUT2D eigenvalue weighted by Gasteiger charge is -2.02. The second-order valence-corrected chi connectivity index (χ2v) is 4.95. The number of hydrogen-bond acceptors (Lipinski definition) is 3. The molecule has 0 aromatic carbocycles. The van der Waals surface area contributed by atoms with E-state index in [2.05, 4.69) is 40.1 Å². The second kappa shape index (κ2) is 4.28. The normalized spacial score (nSPS) is 10.8. The summed E-state index contributed by atoms with van der Waals surface area (Å²) >= 11 is 6.93. The number of aromatic amines is 1. The number of hydrogen-bond donors (Lipinski definition) is 1. The minimum Gasteiger partial charge on any atom is -0.300 e. The van der Waals surface area contributed by atoms with Crippen molar-refractivity contribution in [2.45, 2.75) is 26.8 Å². The van der Waals surface area contributed by atoms with E-state index in [1.807, 2.05) is 0 Å². The van der Waals surface area contributed by atoms with E-state index in [0.29, 0.717) is 4.77 Å². The highest BCUT2D eigenvalue weighted by molar-refractivity contribution is 7.71. The van der Waals surface area contributed by atoms with Crippen LogP contribution in [0, 0.1) is 11.7 Å². The topological polar surface area (TPSA) is 33.6 Å². The number of nitrogens with zero attached hydrogens (tertiary/aromatic N) is 2. The molecule has 0 atom stereocenters. The molecule has 0 saturated carbocycles. The molecule has 0 bridgehead atoms. The van der Waals surface area contributed by atoms with Gasteiger partial charge in [-0.05, 0) is 31.6 Å². The molecule has 3 nitrogen and oxygen atoms in total. The Kier molecular flexibility index (Phi) is 3.02. The lowest BCUT2D eigenvalue weighted by molar-refractivity contribution is 0.675. The van der Waals surface area contributed by atoms with E-state index in [9.17, 15) is 0 Å². The summed E-state index contributed by atoms with van der Waals surface area (Å²) in [6.45, 7) is 5.15. The quantitative estimate of drug-likeness (QED) is 0.833. The first-order valence-corrected chi connectivity index (χ1v) is 6.22. The van der Waals surface area contributed by atoms with Gasteiger partial charge in [0.1, 0.15) is 0 Å². The summed E-state index contributed by atoms with van der Waals surface area (Å²) in [7, 11) is 0. The molecule has 1 N–H and O–H groups in total. The van der Waals surface area contributed by atoms with Crippen molar-refractivity contribution >= 4 is 23.6 Å². The van der Waals surface area contributed by atoms with Gasteiger partial charge in [0, 0.05) is 22.4 Å². The van der Waals surface area contributed by atoms with Crippen molar-refractivity contribution in [1.82, 2.24) is 14.8 Å². The highest BCUT2D eigenvalue weighted by Crippen LogP contribution is 2.23. The first-order chi connectivity index (χ1) is 7.22. The van der Waals surface area contributed by atoms with Crippen molar-refractivity contribution in [2.24, 2.45) is 0 Å². The van der Waals surface area contributed by atoms with Crippen LogP contribution in [0.15, 0.2) is 11.4 Å². The van der Waals surface area contributed by atoms with E-state index in [1.165, 1.54) is 4.88 Å². The third-order valence-electron chi connectivity index (χ3n) is 2.19. The lowest BCUT2D eigenvalue weighted by atomic mass is 10.3. The van der Waals surface area contributed by atoms with Gasteiger partial charge in [-0.1, -0.05) is 6.92 Å². The van der Waals surface area contributed by atoms with Gasteiger partial charge in [-0.2, -0.15) is 5.10 Å². The van der Waals surface area contributed by atoms with Crippen LogP contribution >= 0.6 is 23.6 Å². The van der Waals surface area contributed by atoms with Crippen LogP contribution in [0.2, 0.25) is 0 Å². The molecule has 0 aliphatic heterocycles. The summed E-state index contributed by atoms with van der Waals surface area (Å²) in [5, 5.41) is 9.24. The molecule has 0 radical (unpaired) electrons. The van der Waals surface area contributed by atoms with E-state index in [4.69, 9.17) is 12.2 Å². The second-order valence-electron chi connectivity index (χ2n) is 3.45. The number of rotatable bonds is 3. The third-order valence-corrected chi connectivity index (χ3v) is 3.37. The predicted octanol–water partition coefficient (Wildman–Crippen LogP) is 3.39. The number of aryl methyl sites for hydroxylation is 1. The van der Waals surface area contributed by atoms with Gasteiger partial charge in [0.25, 0.3) is 0 Å². The molecule has 2 heterocycles. The standard InChI is InChI=1S/C10H13N3S2/c1-3-4-13-9(11-12-10(13)14)8-5-7(2)15-6-8/h5-6H,3-4H2,1-2H3,(H,12,14). The maximum Gasteiger partial charge on any atom is 0.195 e. The molecule has 0 unspecified atom stereocenters. The van der Waals surface area contributed by atoms with Crippen LogP contribution in [-0.2, 0) is 6.54 Å². The molecule has 0 saturated heterocycles. The van der Waals surface area contributed by atoms with Crippen LogP contribution in [-0.4, -0.2) is 14.8 Å². The zero-order valence-corrected chi connectivity index (χ0v) is 10.4. The van der Waals surface area contributed by atoms with Crippen LogP contribution in [0.3, 0.4) is 0 Å². The summed E-state index contributed by atoms with van der Waals surface area (Å²) in [6.07, 6.45) is 1.06. The largest absolute Gasteiger partial charge is 0.300 e. The van der Waals surface area contributed by atoms with E-state index in [1.54, 1.807) is 11.3 Å². The fourth-order valence-electron chi connectivity index (χ4n) is 1.53. The van der Waals surface area contributed by atoms with Crippen molar-refractivity contribution in [1.29, 1.82) is 0 Å². The molecule has 0 aliphatic carbocycles. The Balaban J connectivity index is 2.48. The van der Waals surface area contributed by atoms with Crippen molar-refractivity contribution in [3.05, 3.63) is 21.1 Å². The van der Waals surface area contributed by atoms with Gasteiger partial charge >= 0.3 is 0 Å². The zero-order chi connectivity index (χ0) is 10.8. The number of thiophene rings is 1. The van der Waals surface area contributed by atoms with Crippen LogP contribution < -0.4 is 0 Å². The molecule has 0 fully saturated rings. The molecule has 2 aromatic heterocycles. The van der Waals surface area contributed by atoms with E-state index >= 15 is 0 Å². The van der Waals surface area contributed by atoms with Crippen LogP contribution in [0.1, 0.15) is 18.2 Å². The van der Waals surface area contributed by atoms with E-state index < -0.39 is 0 Å². The highest BCUT2D eigenvalue weighted by atomic mass is 32.1. The van der Waals surface area contributed by atoms with Gasteiger partial charge in [0.15, 0.2) is 10.6 Å². The maximum absolute atomic E-state index is 5.19. The van der Waals surface area contributed by atoms with Crippen LogP contribution in [0.25, 0.3) is 11.4 Å². The monoisotopic (exact) mass is 239 g/mol. The van der Waals surface area contributed by atoms with Crippen LogP contribution in [0.4, 0.5) is 0 Å². The van der Waals surface area contributed by atoms with Gasteiger partial charge in [0.05, 0.1) is 0 Å². The van der Waals surface area contributed by atoms with Gasteiger partial charge in [-0.15, -0.1) is 11.3 Å². The van der Waals surface area contributed by atoms with Gasteiger partial charge in [-0.25, -0.2) is 0 Å². The Labute approximate surface area is 97.8 Å². The average Bonchev–Trinajstić information content (AvgIpc) is 2.76. The minimum absolute atomic E-state index is 0.704. The predicted molar refractivity (Wildman–Crippen MR) is 65.8 cm³/mol. The molecule has 0 spiro atoms. The SMILES string of the molecule is CCCn1c(-c2csc(C)c2)n[nH]c1=S. The molecule has 0 aliphatic rings. The van der Waals surface area contributed by atoms with Crippen molar-refractivity contribution in [2.75, 3.05) is 0 Å².